The third kappa shape index (κ3) is 3.80. The lowest BCUT2D eigenvalue weighted by atomic mass is 9.76. The second-order valence-electron chi connectivity index (χ2n) is 8.70. The number of rotatable bonds is 2. The van der Waals surface area contributed by atoms with E-state index >= 15 is 0 Å². The molecule has 21 heavy (non-hydrogen) atoms. The van der Waals surface area contributed by atoms with Crippen molar-refractivity contribution in [1.29, 1.82) is 0 Å². The molecule has 1 saturated carbocycles. The maximum absolute atomic E-state index is 6.32. The van der Waals surface area contributed by atoms with Gasteiger partial charge in [-0.1, -0.05) is 27.2 Å². The lowest BCUT2D eigenvalue weighted by Gasteiger charge is -2.49. The van der Waals surface area contributed by atoms with Crippen LogP contribution in [0.2, 0.25) is 0 Å². The van der Waals surface area contributed by atoms with E-state index < -0.39 is 0 Å². The molecule has 1 saturated heterocycles. The van der Waals surface area contributed by atoms with Crippen molar-refractivity contribution in [2.24, 2.45) is 17.1 Å². The van der Waals surface area contributed by atoms with Crippen molar-refractivity contribution in [3.63, 3.8) is 0 Å². The first-order valence-electron chi connectivity index (χ1n) is 8.94. The number of piperazine rings is 1. The third-order valence-electron chi connectivity index (χ3n) is 6.39. The zero-order chi connectivity index (χ0) is 15.7. The van der Waals surface area contributed by atoms with Crippen molar-refractivity contribution in [2.45, 2.75) is 71.4 Å². The highest BCUT2D eigenvalue weighted by molar-refractivity contribution is 4.98. The van der Waals surface area contributed by atoms with Crippen molar-refractivity contribution in [3.8, 4) is 0 Å². The van der Waals surface area contributed by atoms with E-state index in [0.717, 1.165) is 12.5 Å². The number of hydrogen-bond donors (Lipinski definition) is 1. The minimum Gasteiger partial charge on any atom is -0.329 e. The summed E-state index contributed by atoms with van der Waals surface area (Å²) in [6, 6.07) is 0.656. The molecule has 0 radical (unpaired) electrons. The first-order valence-corrected chi connectivity index (χ1v) is 8.94. The Hall–Kier alpha value is -0.120. The second-order valence-corrected chi connectivity index (χ2v) is 8.70. The summed E-state index contributed by atoms with van der Waals surface area (Å²) in [5, 5.41) is 0. The summed E-state index contributed by atoms with van der Waals surface area (Å²) >= 11 is 0. The van der Waals surface area contributed by atoms with Gasteiger partial charge in [0.25, 0.3) is 0 Å². The largest absolute Gasteiger partial charge is 0.329 e. The summed E-state index contributed by atoms with van der Waals surface area (Å²) in [4.78, 5) is 5.22. The smallest absolute Gasteiger partial charge is 0.0333 e. The zero-order valence-electron chi connectivity index (χ0n) is 15.0. The maximum Gasteiger partial charge on any atom is 0.0333 e. The molecular weight excluding hydrogens is 258 g/mol. The molecule has 0 spiro atoms. The van der Waals surface area contributed by atoms with Crippen LogP contribution in [0.4, 0.5) is 0 Å². The summed E-state index contributed by atoms with van der Waals surface area (Å²) in [6.45, 7) is 14.0. The number of nitrogens with zero attached hydrogens (tertiary/aromatic N) is 2. The standard InChI is InChI=1S/C18H37N3/c1-15-13-21(12-11-20(15)5)18(14-19)9-6-7-16(8-10-18)17(2,3)4/h15-16H,6-14,19H2,1-5H3. The van der Waals surface area contributed by atoms with Crippen LogP contribution in [0.5, 0.6) is 0 Å². The van der Waals surface area contributed by atoms with Crippen LogP contribution in [0.3, 0.4) is 0 Å². The monoisotopic (exact) mass is 295 g/mol. The number of nitrogens with two attached hydrogens (primary N) is 1. The van der Waals surface area contributed by atoms with Gasteiger partial charge >= 0.3 is 0 Å². The summed E-state index contributed by atoms with van der Waals surface area (Å²) < 4.78 is 0. The topological polar surface area (TPSA) is 32.5 Å². The molecule has 3 unspecified atom stereocenters. The van der Waals surface area contributed by atoms with E-state index in [0.29, 0.717) is 11.5 Å². The first-order chi connectivity index (χ1) is 9.78. The molecule has 0 aromatic carbocycles. The van der Waals surface area contributed by atoms with Gasteiger partial charge in [-0.15, -0.1) is 0 Å². The van der Waals surface area contributed by atoms with Gasteiger partial charge in [0.15, 0.2) is 0 Å². The second kappa shape index (κ2) is 6.55. The lowest BCUT2D eigenvalue weighted by molar-refractivity contribution is 0.00810. The molecule has 1 heterocycles. The molecule has 3 nitrogen and oxygen atoms in total. The fourth-order valence-corrected chi connectivity index (χ4v) is 4.38. The highest BCUT2D eigenvalue weighted by atomic mass is 15.3. The predicted octanol–water partition coefficient (Wildman–Crippen LogP) is 2.95. The van der Waals surface area contributed by atoms with Gasteiger partial charge < -0.3 is 10.6 Å². The minimum absolute atomic E-state index is 0.273. The Morgan fingerprint density at radius 1 is 1.14 bits per heavy atom. The van der Waals surface area contributed by atoms with Crippen LogP contribution in [0.25, 0.3) is 0 Å². The molecule has 2 fully saturated rings. The van der Waals surface area contributed by atoms with Crippen molar-refractivity contribution in [2.75, 3.05) is 33.2 Å². The molecular formula is C18H37N3. The molecule has 3 atom stereocenters. The van der Waals surface area contributed by atoms with Crippen molar-refractivity contribution in [1.82, 2.24) is 9.80 Å². The van der Waals surface area contributed by atoms with E-state index in [1.165, 1.54) is 51.7 Å². The van der Waals surface area contributed by atoms with Gasteiger partial charge in [-0.2, -0.15) is 0 Å². The molecule has 0 aromatic heterocycles. The predicted molar refractivity (Wildman–Crippen MR) is 91.5 cm³/mol. The van der Waals surface area contributed by atoms with E-state index in [2.05, 4.69) is 44.5 Å². The van der Waals surface area contributed by atoms with E-state index in [-0.39, 0.29) is 5.54 Å². The molecule has 2 rings (SSSR count). The Balaban J connectivity index is 2.08. The fourth-order valence-electron chi connectivity index (χ4n) is 4.38. The van der Waals surface area contributed by atoms with Crippen LogP contribution >= 0.6 is 0 Å². The highest BCUT2D eigenvalue weighted by Crippen LogP contribution is 2.41. The fraction of sp³-hybridized carbons (Fsp3) is 1.00. The minimum atomic E-state index is 0.273. The quantitative estimate of drug-likeness (QED) is 0.795. The third-order valence-corrected chi connectivity index (χ3v) is 6.39. The van der Waals surface area contributed by atoms with Gasteiger partial charge in [0.2, 0.25) is 0 Å². The van der Waals surface area contributed by atoms with E-state index in [9.17, 15) is 0 Å². The summed E-state index contributed by atoms with van der Waals surface area (Å²) in [7, 11) is 2.25. The Morgan fingerprint density at radius 3 is 2.43 bits per heavy atom. The van der Waals surface area contributed by atoms with Crippen LogP contribution in [0.15, 0.2) is 0 Å². The number of hydrogen-bond acceptors (Lipinski definition) is 3. The van der Waals surface area contributed by atoms with Crippen LogP contribution in [0.1, 0.15) is 59.8 Å². The van der Waals surface area contributed by atoms with Gasteiger partial charge in [-0.25, -0.2) is 0 Å². The van der Waals surface area contributed by atoms with Gasteiger partial charge in [0.05, 0.1) is 0 Å². The molecule has 2 N–H and O–H groups in total. The molecule has 124 valence electrons. The van der Waals surface area contributed by atoms with Gasteiger partial charge in [0.1, 0.15) is 0 Å². The molecule has 0 amide bonds. The Bertz CT molecular complexity index is 336. The summed E-state index contributed by atoms with van der Waals surface area (Å²) in [6.07, 6.45) is 6.67. The van der Waals surface area contributed by atoms with E-state index in [4.69, 9.17) is 5.73 Å². The first kappa shape index (κ1) is 17.2. The van der Waals surface area contributed by atoms with E-state index in [1.54, 1.807) is 0 Å². The molecule has 1 aliphatic carbocycles. The lowest BCUT2D eigenvalue weighted by Crippen LogP contribution is -2.61. The SMILES string of the molecule is CC1CN(C2(CN)CCCC(C(C)(C)C)CC2)CCN1C. The van der Waals surface area contributed by atoms with Crippen LogP contribution in [0, 0.1) is 11.3 Å². The van der Waals surface area contributed by atoms with Crippen molar-refractivity contribution in [3.05, 3.63) is 0 Å². The van der Waals surface area contributed by atoms with E-state index in [1.807, 2.05) is 0 Å². The molecule has 3 heteroatoms. The Morgan fingerprint density at radius 2 is 1.86 bits per heavy atom. The normalized spacial score (nSPS) is 37.4. The number of likely N-dealkylation sites (N-methyl/N-ethyl adjacent to an activating group) is 1. The summed E-state index contributed by atoms with van der Waals surface area (Å²) in [5.74, 6) is 0.857. The molecule has 2 aliphatic rings. The Kier molecular flexibility index (Phi) is 5.38. The van der Waals surface area contributed by atoms with Crippen molar-refractivity contribution < 1.29 is 0 Å². The Labute approximate surface area is 132 Å². The van der Waals surface area contributed by atoms with Crippen LogP contribution in [-0.4, -0.2) is 54.6 Å². The van der Waals surface area contributed by atoms with Crippen LogP contribution in [-0.2, 0) is 0 Å². The van der Waals surface area contributed by atoms with Crippen LogP contribution < -0.4 is 5.73 Å². The highest BCUT2D eigenvalue weighted by Gasteiger charge is 2.41. The zero-order valence-corrected chi connectivity index (χ0v) is 15.0. The maximum atomic E-state index is 6.32. The molecule has 0 bridgehead atoms. The van der Waals surface area contributed by atoms with Crippen molar-refractivity contribution >= 4 is 0 Å². The average molecular weight is 296 g/mol. The van der Waals surface area contributed by atoms with Gasteiger partial charge in [0, 0.05) is 37.8 Å². The molecule has 0 aromatic rings. The van der Waals surface area contributed by atoms with Gasteiger partial charge in [-0.05, 0) is 51.0 Å². The summed E-state index contributed by atoms with van der Waals surface area (Å²) in [5.41, 5.74) is 7.04. The molecule has 1 aliphatic heterocycles. The van der Waals surface area contributed by atoms with Gasteiger partial charge in [-0.3, -0.25) is 4.90 Å². The average Bonchev–Trinajstić information content (AvgIpc) is 2.65.